The highest BCUT2D eigenvalue weighted by atomic mass is 32.1. The van der Waals surface area contributed by atoms with Gasteiger partial charge in [-0.2, -0.15) is 0 Å². The number of aryl methyl sites for hydroxylation is 1. The molecule has 1 saturated carbocycles. The first-order valence-corrected chi connectivity index (χ1v) is 8.45. The molecule has 1 aliphatic heterocycles. The molecule has 0 radical (unpaired) electrons. The number of hydrogen-bond donors (Lipinski definition) is 1. The van der Waals surface area contributed by atoms with Crippen molar-refractivity contribution in [1.29, 1.82) is 0 Å². The number of rotatable bonds is 4. The van der Waals surface area contributed by atoms with E-state index in [0.717, 1.165) is 23.5 Å². The molecule has 2 amide bonds. The second kappa shape index (κ2) is 5.40. The van der Waals surface area contributed by atoms with E-state index in [2.05, 4.69) is 10.3 Å². The highest BCUT2D eigenvalue weighted by Crippen LogP contribution is 2.37. The lowest BCUT2D eigenvalue weighted by atomic mass is 10.00. The van der Waals surface area contributed by atoms with Crippen LogP contribution in [-0.4, -0.2) is 33.8 Å². The molecule has 2 fully saturated rings. The van der Waals surface area contributed by atoms with Gasteiger partial charge in [-0.15, -0.1) is 11.3 Å². The molecule has 6 heteroatoms. The third-order valence-electron chi connectivity index (χ3n) is 4.35. The molecule has 3 rings (SSSR count). The predicted octanol–water partition coefficient (Wildman–Crippen LogP) is 2.03. The van der Waals surface area contributed by atoms with Crippen LogP contribution in [0.5, 0.6) is 0 Å². The number of carbonyl (C=O) groups excluding carboxylic acids is 2. The number of carbonyl (C=O) groups is 2. The molecular formula is C15H21N3O2S. The smallest absolute Gasteiger partial charge is 0.246 e. The van der Waals surface area contributed by atoms with Crippen molar-refractivity contribution in [2.45, 2.75) is 58.2 Å². The number of hydrogen-bond acceptors (Lipinski definition) is 4. The van der Waals surface area contributed by atoms with E-state index < -0.39 is 0 Å². The Morgan fingerprint density at radius 2 is 2.19 bits per heavy atom. The summed E-state index contributed by atoms with van der Waals surface area (Å²) in [5.74, 6) is 0.366. The molecule has 0 spiro atoms. The summed E-state index contributed by atoms with van der Waals surface area (Å²) in [4.78, 5) is 31.4. The van der Waals surface area contributed by atoms with E-state index >= 15 is 0 Å². The van der Waals surface area contributed by atoms with Gasteiger partial charge in [0.05, 0.1) is 6.04 Å². The van der Waals surface area contributed by atoms with Crippen LogP contribution in [0.1, 0.15) is 49.9 Å². The van der Waals surface area contributed by atoms with Gasteiger partial charge in [-0.1, -0.05) is 6.92 Å². The Labute approximate surface area is 128 Å². The van der Waals surface area contributed by atoms with Gasteiger partial charge in [0.1, 0.15) is 17.1 Å². The number of aromatic nitrogens is 1. The van der Waals surface area contributed by atoms with E-state index in [9.17, 15) is 9.59 Å². The molecular weight excluding hydrogens is 286 g/mol. The van der Waals surface area contributed by atoms with E-state index in [1.807, 2.05) is 26.2 Å². The molecule has 0 bridgehead atoms. The lowest BCUT2D eigenvalue weighted by molar-refractivity contribution is -0.152. The molecule has 2 heterocycles. The summed E-state index contributed by atoms with van der Waals surface area (Å²) < 4.78 is 0. The Morgan fingerprint density at radius 1 is 1.48 bits per heavy atom. The molecule has 3 unspecified atom stereocenters. The highest BCUT2D eigenvalue weighted by Gasteiger charge is 2.48. The van der Waals surface area contributed by atoms with Crippen molar-refractivity contribution >= 4 is 23.2 Å². The average molecular weight is 307 g/mol. The Balaban J connectivity index is 1.90. The summed E-state index contributed by atoms with van der Waals surface area (Å²) >= 11 is 1.56. The van der Waals surface area contributed by atoms with Crippen molar-refractivity contribution in [2.24, 2.45) is 5.92 Å². The highest BCUT2D eigenvalue weighted by molar-refractivity contribution is 7.09. The molecule has 1 saturated heterocycles. The summed E-state index contributed by atoms with van der Waals surface area (Å²) in [5.41, 5.74) is 0.961. The van der Waals surface area contributed by atoms with E-state index in [4.69, 9.17) is 0 Å². The van der Waals surface area contributed by atoms with Crippen molar-refractivity contribution in [3.05, 3.63) is 16.1 Å². The molecule has 114 valence electrons. The fraction of sp³-hybridized carbons (Fsp3) is 0.667. The minimum absolute atomic E-state index is 0.0193. The van der Waals surface area contributed by atoms with E-state index in [1.165, 1.54) is 0 Å². The zero-order chi connectivity index (χ0) is 15.1. The van der Waals surface area contributed by atoms with Gasteiger partial charge >= 0.3 is 0 Å². The van der Waals surface area contributed by atoms with Gasteiger partial charge in [0.15, 0.2) is 0 Å². The van der Waals surface area contributed by atoms with Crippen molar-refractivity contribution in [2.75, 3.05) is 0 Å². The van der Waals surface area contributed by atoms with Gasteiger partial charge in [-0.3, -0.25) is 9.59 Å². The second-order valence-corrected chi connectivity index (χ2v) is 6.89. The van der Waals surface area contributed by atoms with Crippen molar-refractivity contribution in [3.63, 3.8) is 0 Å². The third kappa shape index (κ3) is 2.57. The zero-order valence-corrected chi connectivity index (χ0v) is 13.4. The van der Waals surface area contributed by atoms with Crippen molar-refractivity contribution in [3.8, 4) is 0 Å². The molecule has 0 aromatic carbocycles. The van der Waals surface area contributed by atoms with E-state index in [-0.39, 0.29) is 29.9 Å². The molecule has 5 nitrogen and oxygen atoms in total. The predicted molar refractivity (Wildman–Crippen MR) is 80.8 cm³/mol. The largest absolute Gasteiger partial charge is 0.342 e. The van der Waals surface area contributed by atoms with Crippen LogP contribution in [-0.2, 0) is 9.59 Å². The molecule has 2 aliphatic rings. The fourth-order valence-corrected chi connectivity index (χ4v) is 3.88. The topological polar surface area (TPSA) is 62.3 Å². The Hall–Kier alpha value is -1.43. The number of nitrogens with one attached hydrogen (secondary N) is 1. The molecule has 1 aromatic rings. The van der Waals surface area contributed by atoms with Crippen LogP contribution in [0.4, 0.5) is 0 Å². The first-order chi connectivity index (χ1) is 10.0. The molecule has 1 N–H and O–H groups in total. The summed E-state index contributed by atoms with van der Waals surface area (Å²) in [5, 5.41) is 5.82. The van der Waals surface area contributed by atoms with E-state index in [1.54, 1.807) is 16.2 Å². The summed E-state index contributed by atoms with van der Waals surface area (Å²) in [7, 11) is 0. The third-order valence-corrected chi connectivity index (χ3v) is 5.48. The Bertz CT molecular complexity index is 567. The van der Waals surface area contributed by atoms with Crippen molar-refractivity contribution < 1.29 is 9.59 Å². The van der Waals surface area contributed by atoms with Gasteiger partial charge in [0.2, 0.25) is 11.8 Å². The monoisotopic (exact) mass is 307 g/mol. The first kappa shape index (κ1) is 14.5. The number of nitrogens with zero attached hydrogens (tertiary/aromatic N) is 2. The minimum Gasteiger partial charge on any atom is -0.342 e. The van der Waals surface area contributed by atoms with Gasteiger partial charge in [-0.25, -0.2) is 4.98 Å². The SMILES string of the molecule is CCC1C(=O)NC(C2CC2)C(=O)N1C(C)c1nc(C)cs1. The van der Waals surface area contributed by atoms with Gasteiger partial charge in [0, 0.05) is 11.1 Å². The van der Waals surface area contributed by atoms with Crippen LogP contribution in [0.2, 0.25) is 0 Å². The lowest BCUT2D eigenvalue weighted by Gasteiger charge is -2.41. The summed E-state index contributed by atoms with van der Waals surface area (Å²) in [6.45, 7) is 5.87. The maximum atomic E-state index is 12.8. The quantitative estimate of drug-likeness (QED) is 0.926. The Kier molecular flexibility index (Phi) is 3.73. The summed E-state index contributed by atoms with van der Waals surface area (Å²) in [6, 6.07) is -0.857. The molecule has 1 aliphatic carbocycles. The van der Waals surface area contributed by atoms with Crippen LogP contribution >= 0.6 is 11.3 Å². The molecule has 1 aromatic heterocycles. The van der Waals surface area contributed by atoms with Gasteiger partial charge in [-0.05, 0) is 39.0 Å². The maximum absolute atomic E-state index is 12.8. The lowest BCUT2D eigenvalue weighted by Crippen LogP contribution is -2.64. The minimum atomic E-state index is -0.383. The van der Waals surface area contributed by atoms with Crippen LogP contribution < -0.4 is 5.32 Å². The maximum Gasteiger partial charge on any atom is 0.246 e. The van der Waals surface area contributed by atoms with Crippen LogP contribution in [0, 0.1) is 12.8 Å². The summed E-state index contributed by atoms with van der Waals surface area (Å²) in [6.07, 6.45) is 2.70. The normalized spacial score (nSPS) is 27.7. The van der Waals surface area contributed by atoms with Gasteiger partial charge < -0.3 is 10.2 Å². The van der Waals surface area contributed by atoms with Gasteiger partial charge in [0.25, 0.3) is 0 Å². The fourth-order valence-electron chi connectivity index (χ4n) is 3.03. The first-order valence-electron chi connectivity index (χ1n) is 7.57. The average Bonchev–Trinajstić information content (AvgIpc) is 3.21. The van der Waals surface area contributed by atoms with Crippen molar-refractivity contribution in [1.82, 2.24) is 15.2 Å². The molecule has 3 atom stereocenters. The van der Waals surface area contributed by atoms with Crippen LogP contribution in [0.15, 0.2) is 5.38 Å². The van der Waals surface area contributed by atoms with E-state index in [0.29, 0.717) is 12.3 Å². The number of thiazole rings is 1. The van der Waals surface area contributed by atoms with Crippen LogP contribution in [0.25, 0.3) is 0 Å². The standard InChI is InChI=1S/C15H21N3O2S/c1-4-11-13(19)17-12(10-5-6-10)15(20)18(11)9(3)14-16-8(2)7-21-14/h7,9-12H,4-6H2,1-3H3,(H,17,19). The second-order valence-electron chi connectivity index (χ2n) is 6.00. The Morgan fingerprint density at radius 3 is 2.71 bits per heavy atom. The number of piperazine rings is 1. The molecule has 21 heavy (non-hydrogen) atoms. The zero-order valence-electron chi connectivity index (χ0n) is 12.6. The van der Waals surface area contributed by atoms with Crippen LogP contribution in [0.3, 0.4) is 0 Å². The number of amides is 2.